The van der Waals surface area contributed by atoms with Gasteiger partial charge in [0.15, 0.2) is 6.10 Å². The van der Waals surface area contributed by atoms with E-state index in [0.717, 1.165) is 23.0 Å². The second-order valence-electron chi connectivity index (χ2n) is 5.48. The lowest BCUT2D eigenvalue weighted by Gasteiger charge is -2.11. The molecule has 0 unspecified atom stereocenters. The summed E-state index contributed by atoms with van der Waals surface area (Å²) in [5.74, 6) is -2.21. The van der Waals surface area contributed by atoms with Crippen molar-refractivity contribution in [2.24, 2.45) is 0 Å². The summed E-state index contributed by atoms with van der Waals surface area (Å²) in [7, 11) is 0. The molecular formula is C17H14N2O6. The molecule has 0 aliphatic rings. The molecule has 3 aromatic rings. The van der Waals surface area contributed by atoms with Gasteiger partial charge in [0.05, 0.1) is 6.07 Å². The summed E-state index contributed by atoms with van der Waals surface area (Å²) in [6, 6.07) is 9.49. The van der Waals surface area contributed by atoms with E-state index in [1.54, 1.807) is 13.0 Å². The number of aryl methyl sites for hydroxylation is 1. The first-order valence-corrected chi connectivity index (χ1v) is 7.45. The minimum Gasteiger partial charge on any atom is -0.448 e. The molecule has 0 spiro atoms. The second kappa shape index (κ2) is 6.23. The van der Waals surface area contributed by atoms with Crippen LogP contribution in [0.3, 0.4) is 0 Å². The molecule has 128 valence electrons. The molecule has 0 saturated carbocycles. The number of nitro groups is 1. The Hall–Kier alpha value is -3.42. The van der Waals surface area contributed by atoms with Crippen LogP contribution in [0.5, 0.6) is 0 Å². The predicted molar refractivity (Wildman–Crippen MR) is 87.6 cm³/mol. The van der Waals surface area contributed by atoms with Crippen molar-refractivity contribution in [3.63, 3.8) is 0 Å². The number of carbonyl (C=O) groups is 2. The Balaban J connectivity index is 1.81. The summed E-state index contributed by atoms with van der Waals surface area (Å²) in [5, 5.41) is 11.3. The predicted octanol–water partition coefficient (Wildman–Crippen LogP) is 3.41. The number of nitrogens with one attached hydrogen (secondary N) is 1. The van der Waals surface area contributed by atoms with Crippen LogP contribution in [-0.4, -0.2) is 27.8 Å². The maximum absolute atomic E-state index is 12.7. The van der Waals surface area contributed by atoms with Crippen LogP contribution in [0.2, 0.25) is 0 Å². The van der Waals surface area contributed by atoms with E-state index in [1.165, 1.54) is 6.92 Å². The molecule has 0 saturated heterocycles. The minimum absolute atomic E-state index is 0.331. The van der Waals surface area contributed by atoms with E-state index in [0.29, 0.717) is 11.3 Å². The second-order valence-corrected chi connectivity index (χ2v) is 5.48. The summed E-state index contributed by atoms with van der Waals surface area (Å²) < 4.78 is 9.88. The molecule has 0 fully saturated rings. The quantitative estimate of drug-likeness (QED) is 0.329. The zero-order valence-electron chi connectivity index (χ0n) is 13.4. The van der Waals surface area contributed by atoms with Gasteiger partial charge < -0.3 is 14.1 Å². The number of aromatic nitrogens is 1. The highest BCUT2D eigenvalue weighted by Gasteiger charge is 2.26. The lowest BCUT2D eigenvalue weighted by atomic mass is 10.0. The van der Waals surface area contributed by atoms with E-state index in [-0.39, 0.29) is 11.5 Å². The Morgan fingerprint density at radius 1 is 1.24 bits per heavy atom. The molecule has 25 heavy (non-hydrogen) atoms. The SMILES string of the molecule is Cc1[nH]c2ccccc2c1C(=O)[C@H](C)OC(=O)c1ccc([N+](=O)[O-])o1. The fourth-order valence-electron chi connectivity index (χ4n) is 2.61. The number of furan rings is 1. The third-order valence-corrected chi connectivity index (χ3v) is 3.77. The third-order valence-electron chi connectivity index (χ3n) is 3.77. The van der Waals surface area contributed by atoms with Gasteiger partial charge in [-0.3, -0.25) is 14.9 Å². The van der Waals surface area contributed by atoms with Crippen molar-refractivity contribution in [3.05, 3.63) is 63.5 Å². The van der Waals surface area contributed by atoms with Crippen LogP contribution < -0.4 is 0 Å². The Labute approximate surface area is 141 Å². The molecule has 1 N–H and O–H groups in total. The number of esters is 1. The molecule has 0 amide bonds. The van der Waals surface area contributed by atoms with E-state index in [4.69, 9.17) is 9.15 Å². The van der Waals surface area contributed by atoms with E-state index in [9.17, 15) is 19.7 Å². The first-order chi connectivity index (χ1) is 11.9. The number of rotatable bonds is 5. The maximum atomic E-state index is 12.7. The molecule has 2 aromatic heterocycles. The number of hydrogen-bond donors (Lipinski definition) is 1. The van der Waals surface area contributed by atoms with Gasteiger partial charge in [-0.05, 0) is 26.0 Å². The molecule has 0 bridgehead atoms. The topological polar surface area (TPSA) is 115 Å². The Morgan fingerprint density at radius 2 is 1.96 bits per heavy atom. The molecule has 1 aromatic carbocycles. The third kappa shape index (κ3) is 3.01. The minimum atomic E-state index is -1.07. The maximum Gasteiger partial charge on any atom is 0.433 e. The molecule has 1 atom stereocenters. The number of nitrogens with zero attached hydrogens (tertiary/aromatic N) is 1. The van der Waals surface area contributed by atoms with E-state index in [2.05, 4.69) is 4.98 Å². The number of H-pyrrole nitrogens is 1. The van der Waals surface area contributed by atoms with Crippen molar-refractivity contribution in [2.45, 2.75) is 20.0 Å². The van der Waals surface area contributed by atoms with Crippen LogP contribution in [0, 0.1) is 17.0 Å². The van der Waals surface area contributed by atoms with Gasteiger partial charge in [0.1, 0.15) is 4.92 Å². The van der Waals surface area contributed by atoms with Gasteiger partial charge in [0.2, 0.25) is 11.5 Å². The van der Waals surface area contributed by atoms with Crippen molar-refractivity contribution in [3.8, 4) is 0 Å². The normalized spacial score (nSPS) is 12.1. The van der Waals surface area contributed by atoms with Gasteiger partial charge in [0, 0.05) is 22.2 Å². The first-order valence-electron chi connectivity index (χ1n) is 7.45. The largest absolute Gasteiger partial charge is 0.448 e. The molecule has 3 rings (SSSR count). The van der Waals surface area contributed by atoms with Gasteiger partial charge in [-0.1, -0.05) is 18.2 Å². The van der Waals surface area contributed by atoms with Crippen LogP contribution in [-0.2, 0) is 4.74 Å². The number of benzene rings is 1. The van der Waals surface area contributed by atoms with Crippen LogP contribution in [0.25, 0.3) is 10.9 Å². The molecule has 0 aliphatic carbocycles. The van der Waals surface area contributed by atoms with Gasteiger partial charge in [-0.25, -0.2) is 4.79 Å². The van der Waals surface area contributed by atoms with E-state index in [1.807, 2.05) is 18.2 Å². The number of carbonyl (C=O) groups excluding carboxylic acids is 2. The molecule has 2 heterocycles. The highest BCUT2D eigenvalue weighted by atomic mass is 16.7. The lowest BCUT2D eigenvalue weighted by Crippen LogP contribution is -2.24. The highest BCUT2D eigenvalue weighted by Crippen LogP contribution is 2.24. The van der Waals surface area contributed by atoms with Gasteiger partial charge in [0.25, 0.3) is 0 Å². The molecule has 8 nitrogen and oxygen atoms in total. The smallest absolute Gasteiger partial charge is 0.433 e. The van der Waals surface area contributed by atoms with Crippen molar-refractivity contribution >= 4 is 28.5 Å². The lowest BCUT2D eigenvalue weighted by molar-refractivity contribution is -0.402. The van der Waals surface area contributed by atoms with E-state index < -0.39 is 22.9 Å². The monoisotopic (exact) mass is 342 g/mol. The molecular weight excluding hydrogens is 328 g/mol. The highest BCUT2D eigenvalue weighted by molar-refractivity contribution is 6.11. The van der Waals surface area contributed by atoms with Crippen LogP contribution in [0.1, 0.15) is 33.5 Å². The van der Waals surface area contributed by atoms with E-state index >= 15 is 0 Å². The zero-order valence-corrected chi connectivity index (χ0v) is 13.4. The molecule has 0 aliphatic heterocycles. The summed E-state index contributed by atoms with van der Waals surface area (Å²) in [4.78, 5) is 37.6. The summed E-state index contributed by atoms with van der Waals surface area (Å²) >= 11 is 0. The molecule has 0 radical (unpaired) electrons. The number of Topliss-reactive ketones (excluding diaryl/α,β-unsaturated/α-hetero) is 1. The Morgan fingerprint density at radius 3 is 2.64 bits per heavy atom. The van der Waals surface area contributed by atoms with Gasteiger partial charge in [-0.15, -0.1) is 0 Å². The number of para-hydroxylation sites is 1. The summed E-state index contributed by atoms with van der Waals surface area (Å²) in [6.45, 7) is 3.20. The van der Waals surface area contributed by atoms with Crippen LogP contribution >= 0.6 is 0 Å². The standard InChI is InChI=1S/C17H14N2O6/c1-9-15(11-5-3-4-6-12(11)18-9)16(20)10(2)24-17(21)13-7-8-14(25-13)19(22)23/h3-8,10,18H,1-2H3/t10-/m0/s1. The van der Waals surface area contributed by atoms with Crippen LogP contribution in [0.4, 0.5) is 5.88 Å². The molecule has 8 heteroatoms. The summed E-state index contributed by atoms with van der Waals surface area (Å²) in [5.41, 5.74) is 1.92. The van der Waals surface area contributed by atoms with Crippen molar-refractivity contribution in [2.75, 3.05) is 0 Å². The Bertz CT molecular complexity index is 984. The number of hydrogen-bond acceptors (Lipinski definition) is 6. The van der Waals surface area contributed by atoms with Crippen molar-refractivity contribution < 1.29 is 23.7 Å². The average Bonchev–Trinajstić information content (AvgIpc) is 3.18. The summed E-state index contributed by atoms with van der Waals surface area (Å²) in [6.07, 6.45) is -1.07. The van der Waals surface area contributed by atoms with Crippen molar-refractivity contribution in [1.82, 2.24) is 4.98 Å². The Kier molecular flexibility index (Phi) is 4.10. The number of ether oxygens (including phenoxy) is 1. The fourth-order valence-corrected chi connectivity index (χ4v) is 2.61. The zero-order chi connectivity index (χ0) is 18.1. The number of fused-ring (bicyclic) bond motifs is 1. The van der Waals surface area contributed by atoms with Gasteiger partial charge in [-0.2, -0.15) is 0 Å². The fraction of sp³-hybridized carbons (Fsp3) is 0.176. The number of ketones is 1. The number of aromatic amines is 1. The van der Waals surface area contributed by atoms with Gasteiger partial charge >= 0.3 is 11.9 Å². The average molecular weight is 342 g/mol. The van der Waals surface area contributed by atoms with Crippen molar-refractivity contribution in [1.29, 1.82) is 0 Å². The van der Waals surface area contributed by atoms with Crippen LogP contribution in [0.15, 0.2) is 40.8 Å². The first kappa shape index (κ1) is 16.4.